The molecular formula is C33H39N3O4. The highest BCUT2D eigenvalue weighted by molar-refractivity contribution is 6.05. The molecule has 7 heteroatoms. The maximum atomic E-state index is 14.2. The van der Waals surface area contributed by atoms with E-state index in [1.807, 2.05) is 56.3 Å². The van der Waals surface area contributed by atoms with E-state index in [1.165, 1.54) is 11.1 Å². The van der Waals surface area contributed by atoms with Crippen molar-refractivity contribution in [3.8, 4) is 11.5 Å². The third-order valence-corrected chi connectivity index (χ3v) is 7.77. The fourth-order valence-corrected chi connectivity index (χ4v) is 5.67. The van der Waals surface area contributed by atoms with Crippen LogP contribution in [0.4, 0.5) is 5.82 Å². The van der Waals surface area contributed by atoms with Crippen LogP contribution in [0.5, 0.6) is 11.5 Å². The maximum absolute atomic E-state index is 14.2. The van der Waals surface area contributed by atoms with Gasteiger partial charge in [0.1, 0.15) is 17.3 Å². The number of hydrogen-bond acceptors (Lipinski definition) is 7. The quantitative estimate of drug-likeness (QED) is 0.367. The van der Waals surface area contributed by atoms with Crippen molar-refractivity contribution in [2.45, 2.75) is 33.4 Å². The number of likely N-dealkylation sites (tertiary alicyclic amines) is 1. The van der Waals surface area contributed by atoms with E-state index in [-0.39, 0.29) is 11.8 Å². The van der Waals surface area contributed by atoms with Crippen molar-refractivity contribution >= 4 is 17.7 Å². The molecule has 0 radical (unpaired) electrons. The molecule has 0 aliphatic carbocycles. The number of pyridine rings is 1. The lowest BCUT2D eigenvalue weighted by Crippen LogP contribution is -2.49. The van der Waals surface area contributed by atoms with Gasteiger partial charge in [0, 0.05) is 42.7 Å². The van der Waals surface area contributed by atoms with E-state index in [2.05, 4.69) is 41.0 Å². The SMILES string of the molecule is COc1ccc(OC)c(C2C(=Cc3cccc(N4CCOCC4)n3)C(=O)C(C)(C)CN2Cc2ccc(C)cc2)c1. The van der Waals surface area contributed by atoms with Gasteiger partial charge in [0.25, 0.3) is 0 Å². The standard InChI is InChI=1S/C33H39N3O4/c1-23-9-11-24(12-10-23)21-36-22-33(2,3)32(37)28(31(36)27-20-26(38-4)13-14-29(27)39-5)19-25-7-6-8-30(34-25)35-15-17-40-18-16-35/h6-14,19-20,31H,15-18,21-22H2,1-5H3. The molecule has 5 rings (SSSR count). The Morgan fingerprint density at radius 2 is 1.77 bits per heavy atom. The molecule has 2 aliphatic rings. The van der Waals surface area contributed by atoms with Gasteiger partial charge in [-0.05, 0) is 48.9 Å². The molecular weight excluding hydrogens is 502 g/mol. The molecule has 2 aromatic carbocycles. The summed E-state index contributed by atoms with van der Waals surface area (Å²) in [6.07, 6.45) is 1.97. The van der Waals surface area contributed by atoms with Gasteiger partial charge in [-0.3, -0.25) is 9.69 Å². The van der Waals surface area contributed by atoms with E-state index in [0.717, 1.165) is 35.9 Å². The summed E-state index contributed by atoms with van der Waals surface area (Å²) in [7, 11) is 3.32. The van der Waals surface area contributed by atoms with E-state index in [1.54, 1.807) is 14.2 Å². The van der Waals surface area contributed by atoms with Crippen LogP contribution in [0.25, 0.3) is 6.08 Å². The minimum atomic E-state index is -0.582. The van der Waals surface area contributed by atoms with Crippen molar-refractivity contribution in [3.63, 3.8) is 0 Å². The number of nitrogens with zero attached hydrogens (tertiary/aromatic N) is 3. The van der Waals surface area contributed by atoms with Crippen molar-refractivity contribution in [1.29, 1.82) is 0 Å². The molecule has 3 aromatic rings. The number of morpholine rings is 1. The number of benzene rings is 2. The summed E-state index contributed by atoms with van der Waals surface area (Å²) < 4.78 is 17.0. The minimum absolute atomic E-state index is 0.112. The van der Waals surface area contributed by atoms with Gasteiger partial charge in [0.05, 0.1) is 39.2 Å². The van der Waals surface area contributed by atoms with Crippen molar-refractivity contribution in [2.24, 2.45) is 5.41 Å². The first-order valence-corrected chi connectivity index (χ1v) is 13.9. The van der Waals surface area contributed by atoms with E-state index in [0.29, 0.717) is 37.6 Å². The Hall–Kier alpha value is -3.68. The molecule has 3 heterocycles. The van der Waals surface area contributed by atoms with Gasteiger partial charge >= 0.3 is 0 Å². The molecule has 2 saturated heterocycles. The molecule has 1 atom stereocenters. The number of hydrogen-bond donors (Lipinski definition) is 0. The van der Waals surface area contributed by atoms with Crippen LogP contribution in [0.3, 0.4) is 0 Å². The van der Waals surface area contributed by atoms with Crippen molar-refractivity contribution in [3.05, 3.63) is 88.6 Å². The monoisotopic (exact) mass is 541 g/mol. The Kier molecular flexibility index (Phi) is 8.24. The first kappa shape index (κ1) is 27.9. The molecule has 2 aliphatic heterocycles. The van der Waals surface area contributed by atoms with Gasteiger partial charge < -0.3 is 19.1 Å². The first-order chi connectivity index (χ1) is 19.3. The van der Waals surface area contributed by atoms with Crippen molar-refractivity contribution in [1.82, 2.24) is 9.88 Å². The number of carbonyl (C=O) groups is 1. The zero-order chi connectivity index (χ0) is 28.3. The Balaban J connectivity index is 1.64. The maximum Gasteiger partial charge on any atom is 0.167 e. The highest BCUT2D eigenvalue weighted by Crippen LogP contribution is 2.45. The number of aromatic nitrogens is 1. The third-order valence-electron chi connectivity index (χ3n) is 7.77. The zero-order valence-electron chi connectivity index (χ0n) is 24.1. The second kappa shape index (κ2) is 11.8. The van der Waals surface area contributed by atoms with Gasteiger partial charge in [0.2, 0.25) is 0 Å². The van der Waals surface area contributed by atoms with E-state index >= 15 is 0 Å². The molecule has 1 aromatic heterocycles. The van der Waals surface area contributed by atoms with Crippen LogP contribution < -0.4 is 14.4 Å². The predicted octanol–water partition coefficient (Wildman–Crippen LogP) is 5.48. The summed E-state index contributed by atoms with van der Waals surface area (Å²) in [5, 5.41) is 0. The predicted molar refractivity (Wildman–Crippen MR) is 158 cm³/mol. The third kappa shape index (κ3) is 5.91. The lowest BCUT2D eigenvalue weighted by atomic mass is 9.74. The van der Waals surface area contributed by atoms with Crippen LogP contribution in [0.1, 0.15) is 42.3 Å². The summed E-state index contributed by atoms with van der Waals surface area (Å²) in [4.78, 5) is 23.8. The Morgan fingerprint density at radius 1 is 1.02 bits per heavy atom. The molecule has 0 spiro atoms. The summed E-state index contributed by atoms with van der Waals surface area (Å²) in [5.41, 5.74) is 4.17. The van der Waals surface area contributed by atoms with Crippen LogP contribution in [-0.4, -0.2) is 62.7 Å². The van der Waals surface area contributed by atoms with Gasteiger partial charge in [-0.15, -0.1) is 0 Å². The fraction of sp³-hybridized carbons (Fsp3) is 0.394. The number of Topliss-reactive ketones (excluding diaryl/α,β-unsaturated/α-hetero) is 1. The van der Waals surface area contributed by atoms with Crippen LogP contribution in [-0.2, 0) is 16.1 Å². The van der Waals surface area contributed by atoms with Crippen LogP contribution in [0.15, 0.2) is 66.2 Å². The Bertz CT molecular complexity index is 1380. The molecule has 7 nitrogen and oxygen atoms in total. The van der Waals surface area contributed by atoms with Crippen LogP contribution >= 0.6 is 0 Å². The van der Waals surface area contributed by atoms with E-state index < -0.39 is 5.41 Å². The highest BCUT2D eigenvalue weighted by atomic mass is 16.5. The van der Waals surface area contributed by atoms with Crippen LogP contribution in [0, 0.1) is 12.3 Å². The molecule has 40 heavy (non-hydrogen) atoms. The summed E-state index contributed by atoms with van der Waals surface area (Å²) >= 11 is 0. The van der Waals surface area contributed by atoms with Gasteiger partial charge in [0.15, 0.2) is 5.78 Å². The molecule has 1 unspecified atom stereocenters. The molecule has 0 bridgehead atoms. The minimum Gasteiger partial charge on any atom is -0.497 e. The molecule has 0 amide bonds. The topological polar surface area (TPSA) is 64.1 Å². The Labute approximate surface area is 237 Å². The number of carbonyl (C=O) groups excluding carboxylic acids is 1. The summed E-state index contributed by atoms with van der Waals surface area (Å²) in [6, 6.07) is 20.0. The second-order valence-electron chi connectivity index (χ2n) is 11.2. The average molecular weight is 542 g/mol. The Morgan fingerprint density at radius 3 is 2.48 bits per heavy atom. The normalized spacial score (nSPS) is 20.5. The number of ether oxygens (including phenoxy) is 3. The van der Waals surface area contributed by atoms with Crippen molar-refractivity contribution in [2.75, 3.05) is 52.0 Å². The molecule has 0 N–H and O–H groups in total. The number of methoxy groups -OCH3 is 2. The number of ketones is 1. The number of aryl methyl sites for hydroxylation is 1. The van der Waals surface area contributed by atoms with Gasteiger partial charge in [-0.25, -0.2) is 4.98 Å². The first-order valence-electron chi connectivity index (χ1n) is 13.9. The summed E-state index contributed by atoms with van der Waals surface area (Å²) in [6.45, 7) is 10.4. The van der Waals surface area contributed by atoms with E-state index in [4.69, 9.17) is 19.2 Å². The molecule has 0 saturated carbocycles. The highest BCUT2D eigenvalue weighted by Gasteiger charge is 2.45. The fourth-order valence-electron chi connectivity index (χ4n) is 5.67. The largest absolute Gasteiger partial charge is 0.497 e. The number of piperidine rings is 1. The number of rotatable bonds is 7. The zero-order valence-corrected chi connectivity index (χ0v) is 24.1. The smallest absolute Gasteiger partial charge is 0.167 e. The molecule has 2 fully saturated rings. The number of anilines is 1. The van der Waals surface area contributed by atoms with Gasteiger partial charge in [-0.2, -0.15) is 0 Å². The van der Waals surface area contributed by atoms with E-state index in [9.17, 15) is 4.79 Å². The van der Waals surface area contributed by atoms with Gasteiger partial charge in [-0.1, -0.05) is 49.7 Å². The second-order valence-corrected chi connectivity index (χ2v) is 11.2. The molecule has 210 valence electrons. The lowest BCUT2D eigenvalue weighted by Gasteiger charge is -2.44. The lowest BCUT2D eigenvalue weighted by molar-refractivity contribution is -0.128. The van der Waals surface area contributed by atoms with Crippen LogP contribution in [0.2, 0.25) is 0 Å². The average Bonchev–Trinajstić information content (AvgIpc) is 2.97. The van der Waals surface area contributed by atoms with Crippen molar-refractivity contribution < 1.29 is 19.0 Å². The summed E-state index contributed by atoms with van der Waals surface area (Å²) in [5.74, 6) is 2.44.